The van der Waals surface area contributed by atoms with Crippen LogP contribution in [-0.2, 0) is 4.79 Å². The zero-order chi connectivity index (χ0) is 20.2. The molecule has 2 heterocycles. The summed E-state index contributed by atoms with van der Waals surface area (Å²) in [6, 6.07) is 15.0. The lowest BCUT2D eigenvalue weighted by atomic mass is 10.2. The Hall–Kier alpha value is -3.09. The number of fused-ring (bicyclic) bond motifs is 1. The van der Waals surface area contributed by atoms with Crippen molar-refractivity contribution in [2.45, 2.75) is 6.92 Å². The number of anilines is 1. The summed E-state index contributed by atoms with van der Waals surface area (Å²) >= 11 is 7.42. The van der Waals surface area contributed by atoms with Gasteiger partial charge >= 0.3 is 0 Å². The highest BCUT2D eigenvalue weighted by Gasteiger charge is 2.14. The average Bonchev–Trinajstić information content (AvgIpc) is 3.35. The third-order valence-corrected chi connectivity index (χ3v) is 5.22. The van der Waals surface area contributed by atoms with E-state index in [-0.39, 0.29) is 5.91 Å². The topological polar surface area (TPSA) is 64.4 Å². The molecule has 0 spiro atoms. The van der Waals surface area contributed by atoms with Gasteiger partial charge in [-0.25, -0.2) is 4.98 Å². The maximum atomic E-state index is 12.2. The van der Waals surface area contributed by atoms with E-state index in [1.165, 1.54) is 17.4 Å². The molecule has 2 aromatic carbocycles. The number of hydrogen-bond donors (Lipinski definition) is 1. The molecule has 2 aromatic heterocycles. The van der Waals surface area contributed by atoms with Crippen molar-refractivity contribution in [1.29, 1.82) is 0 Å². The lowest BCUT2D eigenvalue weighted by Crippen LogP contribution is -2.07. The van der Waals surface area contributed by atoms with Gasteiger partial charge in [0, 0.05) is 21.9 Å². The second-order valence-corrected chi connectivity index (χ2v) is 7.37. The minimum atomic E-state index is -0.283. The van der Waals surface area contributed by atoms with Gasteiger partial charge in [-0.2, -0.15) is 0 Å². The number of nitrogens with one attached hydrogen (secondary N) is 1. The molecule has 4 aromatic rings. The van der Waals surface area contributed by atoms with E-state index in [1.54, 1.807) is 12.1 Å². The van der Waals surface area contributed by atoms with E-state index in [1.807, 2.05) is 54.8 Å². The van der Waals surface area contributed by atoms with Gasteiger partial charge in [-0.3, -0.25) is 10.1 Å². The number of hydrogen-bond acceptors (Lipinski definition) is 5. The normalized spacial score (nSPS) is 11.2. The van der Waals surface area contributed by atoms with Crippen LogP contribution < -0.4 is 10.1 Å². The molecule has 0 saturated heterocycles. The summed E-state index contributed by atoms with van der Waals surface area (Å²) in [6.45, 7) is 2.49. The van der Waals surface area contributed by atoms with Crippen molar-refractivity contribution in [3.05, 3.63) is 70.6 Å². The zero-order valence-electron chi connectivity index (χ0n) is 15.5. The van der Waals surface area contributed by atoms with E-state index >= 15 is 0 Å². The molecule has 1 N–H and O–H groups in total. The molecule has 7 heteroatoms. The van der Waals surface area contributed by atoms with Crippen molar-refractivity contribution in [2.75, 3.05) is 11.9 Å². The largest absolute Gasteiger partial charge is 0.490 e. The fourth-order valence-electron chi connectivity index (χ4n) is 2.80. The third-order valence-electron chi connectivity index (χ3n) is 4.11. The molecule has 5 nitrogen and oxygen atoms in total. The molecule has 0 bridgehead atoms. The Morgan fingerprint density at radius 2 is 2.14 bits per heavy atom. The number of carbonyl (C=O) groups is 1. The quantitative estimate of drug-likeness (QED) is 0.371. The van der Waals surface area contributed by atoms with Crippen molar-refractivity contribution >= 4 is 51.0 Å². The molecule has 1 amide bonds. The average molecular weight is 425 g/mol. The fourth-order valence-corrected chi connectivity index (χ4v) is 3.70. The molecular formula is C22H17ClN2O3S. The summed E-state index contributed by atoms with van der Waals surface area (Å²) in [4.78, 5) is 16.6. The Balaban J connectivity index is 1.50. The van der Waals surface area contributed by atoms with E-state index in [4.69, 9.17) is 20.8 Å². The molecule has 0 fully saturated rings. The first-order valence-corrected chi connectivity index (χ1v) is 10.2. The summed E-state index contributed by atoms with van der Waals surface area (Å²) in [5.41, 5.74) is 2.11. The van der Waals surface area contributed by atoms with Gasteiger partial charge in [0.15, 0.2) is 22.2 Å². The van der Waals surface area contributed by atoms with Gasteiger partial charge < -0.3 is 9.15 Å². The van der Waals surface area contributed by atoms with E-state index in [9.17, 15) is 4.79 Å². The summed E-state index contributed by atoms with van der Waals surface area (Å²) in [7, 11) is 0. The number of ether oxygens (including phenoxy) is 1. The highest BCUT2D eigenvalue weighted by atomic mass is 35.5. The van der Waals surface area contributed by atoms with Crippen LogP contribution in [0.4, 0.5) is 5.13 Å². The first kappa shape index (κ1) is 19.2. The van der Waals surface area contributed by atoms with E-state index < -0.39 is 0 Å². The predicted octanol–water partition coefficient (Wildman–Crippen LogP) is 6.26. The molecular weight excluding hydrogens is 408 g/mol. The van der Waals surface area contributed by atoms with Gasteiger partial charge in [-0.1, -0.05) is 41.9 Å². The molecule has 146 valence electrons. The van der Waals surface area contributed by atoms with Crippen molar-refractivity contribution in [3.8, 4) is 17.2 Å². The number of halogens is 1. The number of para-hydroxylation sites is 1. The maximum absolute atomic E-state index is 12.2. The van der Waals surface area contributed by atoms with Gasteiger partial charge in [-0.05, 0) is 36.8 Å². The van der Waals surface area contributed by atoms with Gasteiger partial charge in [0.2, 0.25) is 5.91 Å². The first-order chi connectivity index (χ1) is 14.1. The minimum absolute atomic E-state index is 0.283. The van der Waals surface area contributed by atoms with Gasteiger partial charge in [0.1, 0.15) is 5.69 Å². The minimum Gasteiger partial charge on any atom is -0.490 e. The van der Waals surface area contributed by atoms with Crippen molar-refractivity contribution in [3.63, 3.8) is 0 Å². The van der Waals surface area contributed by atoms with Crippen LogP contribution >= 0.6 is 22.9 Å². The Kier molecular flexibility index (Phi) is 5.64. The molecule has 0 aliphatic carbocycles. The third kappa shape index (κ3) is 4.34. The van der Waals surface area contributed by atoms with Crippen LogP contribution in [0.2, 0.25) is 5.02 Å². The van der Waals surface area contributed by atoms with Crippen LogP contribution in [0.25, 0.3) is 28.5 Å². The summed E-state index contributed by atoms with van der Waals surface area (Å²) in [5, 5.41) is 6.61. The second kappa shape index (κ2) is 8.51. The molecule has 0 radical (unpaired) electrons. The monoisotopic (exact) mass is 424 g/mol. The Morgan fingerprint density at radius 3 is 2.97 bits per heavy atom. The predicted molar refractivity (Wildman–Crippen MR) is 118 cm³/mol. The van der Waals surface area contributed by atoms with Crippen LogP contribution in [0.3, 0.4) is 0 Å². The smallest absolute Gasteiger partial charge is 0.250 e. The highest BCUT2D eigenvalue weighted by molar-refractivity contribution is 7.14. The molecule has 0 atom stereocenters. The Labute approximate surface area is 176 Å². The van der Waals surface area contributed by atoms with Gasteiger partial charge in [0.05, 0.1) is 6.61 Å². The molecule has 0 saturated carbocycles. The van der Waals surface area contributed by atoms with E-state index in [2.05, 4.69) is 10.3 Å². The van der Waals surface area contributed by atoms with Crippen LogP contribution in [0.5, 0.6) is 5.75 Å². The fraction of sp³-hybridized carbons (Fsp3) is 0.0909. The number of amides is 1. The van der Waals surface area contributed by atoms with Crippen LogP contribution in [0.1, 0.15) is 12.5 Å². The molecule has 0 aliphatic rings. The van der Waals surface area contributed by atoms with Gasteiger partial charge in [0.25, 0.3) is 0 Å². The number of nitrogens with zero attached hydrogens (tertiary/aromatic N) is 1. The van der Waals surface area contributed by atoms with E-state index in [0.29, 0.717) is 39.5 Å². The summed E-state index contributed by atoms with van der Waals surface area (Å²) in [6.07, 6.45) is 3.10. The number of aromatic nitrogens is 1. The lowest BCUT2D eigenvalue weighted by Gasteiger charge is -2.02. The molecule has 0 unspecified atom stereocenters. The second-order valence-electron chi connectivity index (χ2n) is 6.10. The standard InChI is InChI=1S/C22H17ClN2O3S/c1-2-27-18-9-5-7-15-12-19(28-21(15)18)17-13-29-22(24-17)25-20(26)11-10-14-6-3-4-8-16(14)23/h3-13H,2H2,1H3,(H,24,25,26). The maximum Gasteiger partial charge on any atom is 0.250 e. The highest BCUT2D eigenvalue weighted by Crippen LogP contribution is 2.34. The number of carbonyl (C=O) groups excluding carboxylic acids is 1. The van der Waals surface area contributed by atoms with Crippen LogP contribution in [-0.4, -0.2) is 17.5 Å². The van der Waals surface area contributed by atoms with Crippen molar-refractivity contribution < 1.29 is 13.9 Å². The molecule has 0 aliphatic heterocycles. The lowest BCUT2D eigenvalue weighted by molar-refractivity contribution is -0.111. The summed E-state index contributed by atoms with van der Waals surface area (Å²) < 4.78 is 11.6. The van der Waals surface area contributed by atoms with E-state index in [0.717, 1.165) is 10.9 Å². The zero-order valence-corrected chi connectivity index (χ0v) is 17.1. The number of benzene rings is 2. The molecule has 29 heavy (non-hydrogen) atoms. The van der Waals surface area contributed by atoms with Crippen molar-refractivity contribution in [1.82, 2.24) is 4.98 Å². The molecule has 4 rings (SSSR count). The number of thiazole rings is 1. The number of furan rings is 1. The Morgan fingerprint density at radius 1 is 1.28 bits per heavy atom. The van der Waals surface area contributed by atoms with Gasteiger partial charge in [-0.15, -0.1) is 11.3 Å². The number of rotatable bonds is 6. The van der Waals surface area contributed by atoms with Crippen LogP contribution in [0.15, 0.2) is 64.4 Å². The van der Waals surface area contributed by atoms with Crippen LogP contribution in [0, 0.1) is 0 Å². The SMILES string of the molecule is CCOc1cccc2cc(-c3csc(NC(=O)C=Cc4ccccc4Cl)n3)oc12. The Bertz CT molecular complexity index is 1200. The summed E-state index contributed by atoms with van der Waals surface area (Å²) in [5.74, 6) is 1.04. The first-order valence-electron chi connectivity index (χ1n) is 8.99. The van der Waals surface area contributed by atoms with Crippen molar-refractivity contribution in [2.24, 2.45) is 0 Å².